The number of nitro benzene ring substituents is 1. The predicted octanol–water partition coefficient (Wildman–Crippen LogP) is 0.949. The van der Waals surface area contributed by atoms with E-state index in [4.69, 9.17) is 16.2 Å². The van der Waals surface area contributed by atoms with Crippen molar-refractivity contribution in [2.75, 3.05) is 0 Å². The minimum absolute atomic E-state index is 0.0167. The number of nitro groups is 1. The summed E-state index contributed by atoms with van der Waals surface area (Å²) in [6, 6.07) is 5.77. The zero-order valence-electron chi connectivity index (χ0n) is 21.8. The Morgan fingerprint density at radius 1 is 1.13 bits per heavy atom. The Hall–Kier alpha value is -4.52. The van der Waals surface area contributed by atoms with Crippen molar-refractivity contribution in [2.45, 2.75) is 57.8 Å². The van der Waals surface area contributed by atoms with Gasteiger partial charge in [0.2, 0.25) is 29.4 Å². The SMILES string of the molecule is CC(C)C[C@H]1NC(=O)[C@@H](N)Cc2ccc(c([N+](=O)[O-])c2)Oc2cccc(c2)[C@H](C(=O)N[C@@H](C)C(N)=O)NC1=O. The first-order valence-electron chi connectivity index (χ1n) is 12.4. The number of hydrogen-bond donors (Lipinski definition) is 5. The molecule has 0 spiro atoms. The number of amides is 4. The summed E-state index contributed by atoms with van der Waals surface area (Å²) in [6.07, 6.45) is 0.203. The number of nitrogens with one attached hydrogen (secondary N) is 3. The zero-order chi connectivity index (χ0) is 28.9. The summed E-state index contributed by atoms with van der Waals surface area (Å²) < 4.78 is 5.79. The lowest BCUT2D eigenvalue weighted by Gasteiger charge is -2.26. The van der Waals surface area contributed by atoms with Crippen LogP contribution >= 0.6 is 0 Å². The summed E-state index contributed by atoms with van der Waals surface area (Å²) in [5.74, 6) is -2.74. The van der Waals surface area contributed by atoms with E-state index in [0.29, 0.717) is 5.56 Å². The summed E-state index contributed by atoms with van der Waals surface area (Å²) in [5.41, 5.74) is 11.7. The molecule has 0 saturated carbocycles. The first-order valence-corrected chi connectivity index (χ1v) is 12.4. The van der Waals surface area contributed by atoms with Gasteiger partial charge in [0.15, 0.2) is 0 Å². The van der Waals surface area contributed by atoms with Gasteiger partial charge in [0.1, 0.15) is 23.9 Å². The highest BCUT2D eigenvalue weighted by Crippen LogP contribution is 2.33. The molecule has 13 heteroatoms. The van der Waals surface area contributed by atoms with Crippen LogP contribution in [0.25, 0.3) is 0 Å². The monoisotopic (exact) mass is 540 g/mol. The molecule has 13 nitrogen and oxygen atoms in total. The van der Waals surface area contributed by atoms with Gasteiger partial charge in [-0.25, -0.2) is 0 Å². The van der Waals surface area contributed by atoms with Gasteiger partial charge in [0.25, 0.3) is 0 Å². The van der Waals surface area contributed by atoms with Gasteiger partial charge in [-0.05, 0) is 55.0 Å². The minimum Gasteiger partial charge on any atom is -0.450 e. The van der Waals surface area contributed by atoms with Crippen LogP contribution in [0.4, 0.5) is 5.69 Å². The molecule has 4 bridgehead atoms. The Morgan fingerprint density at radius 2 is 1.85 bits per heavy atom. The molecule has 2 heterocycles. The first-order chi connectivity index (χ1) is 18.3. The smallest absolute Gasteiger partial charge is 0.311 e. The summed E-state index contributed by atoms with van der Waals surface area (Å²) in [7, 11) is 0. The Balaban J connectivity index is 2.13. The molecule has 2 aliphatic rings. The Bertz CT molecular complexity index is 1280. The molecule has 4 amide bonds. The molecule has 0 fully saturated rings. The van der Waals surface area contributed by atoms with Gasteiger partial charge in [0.05, 0.1) is 11.0 Å². The molecule has 4 atom stereocenters. The molecular weight excluding hydrogens is 508 g/mol. The van der Waals surface area contributed by atoms with Crippen LogP contribution in [0, 0.1) is 16.0 Å². The number of fused-ring (bicyclic) bond motifs is 9. The van der Waals surface area contributed by atoms with Crippen molar-refractivity contribution in [3.8, 4) is 11.5 Å². The van der Waals surface area contributed by atoms with Gasteiger partial charge in [0, 0.05) is 6.07 Å². The topological polar surface area (TPSA) is 209 Å². The summed E-state index contributed by atoms with van der Waals surface area (Å²) in [4.78, 5) is 62.3. The molecule has 208 valence electrons. The number of rotatable bonds is 6. The predicted molar refractivity (Wildman–Crippen MR) is 140 cm³/mol. The van der Waals surface area contributed by atoms with E-state index in [1.165, 1.54) is 31.2 Å². The van der Waals surface area contributed by atoms with Gasteiger partial charge in [-0.15, -0.1) is 0 Å². The first kappa shape index (κ1) is 29.0. The Morgan fingerprint density at radius 3 is 2.49 bits per heavy atom. The van der Waals surface area contributed by atoms with Crippen LogP contribution < -0.4 is 32.2 Å². The number of nitrogens with two attached hydrogens (primary N) is 2. The summed E-state index contributed by atoms with van der Waals surface area (Å²) >= 11 is 0. The van der Waals surface area contributed by atoms with Crippen LogP contribution in [0.15, 0.2) is 42.5 Å². The van der Waals surface area contributed by atoms with Crippen LogP contribution in [0.2, 0.25) is 0 Å². The highest BCUT2D eigenvalue weighted by Gasteiger charge is 2.31. The highest BCUT2D eigenvalue weighted by atomic mass is 16.6. The number of carbonyl (C=O) groups excluding carboxylic acids is 4. The third-order valence-electron chi connectivity index (χ3n) is 6.11. The maximum atomic E-state index is 13.4. The lowest BCUT2D eigenvalue weighted by atomic mass is 9.99. The van der Waals surface area contributed by atoms with E-state index in [2.05, 4.69) is 16.0 Å². The average Bonchev–Trinajstić information content (AvgIpc) is 2.86. The maximum absolute atomic E-state index is 13.4. The zero-order valence-corrected chi connectivity index (χ0v) is 21.8. The van der Waals surface area contributed by atoms with E-state index < -0.39 is 52.7 Å². The van der Waals surface area contributed by atoms with Gasteiger partial charge < -0.3 is 32.2 Å². The fraction of sp³-hybridized carbons (Fsp3) is 0.385. The van der Waals surface area contributed by atoms with Crippen molar-refractivity contribution >= 4 is 29.3 Å². The molecule has 0 aliphatic carbocycles. The van der Waals surface area contributed by atoms with E-state index >= 15 is 0 Å². The van der Waals surface area contributed by atoms with Crippen molar-refractivity contribution < 1.29 is 28.8 Å². The van der Waals surface area contributed by atoms with Gasteiger partial charge in [-0.2, -0.15) is 0 Å². The molecule has 2 aromatic carbocycles. The fourth-order valence-corrected chi connectivity index (χ4v) is 4.04. The molecule has 0 saturated heterocycles. The largest absolute Gasteiger partial charge is 0.450 e. The van der Waals surface area contributed by atoms with Crippen LogP contribution in [0.3, 0.4) is 0 Å². The molecule has 4 rings (SSSR count). The van der Waals surface area contributed by atoms with Crippen molar-refractivity contribution in [3.63, 3.8) is 0 Å². The van der Waals surface area contributed by atoms with Crippen molar-refractivity contribution in [3.05, 3.63) is 63.7 Å². The number of nitrogens with zero attached hydrogens (tertiary/aromatic N) is 1. The molecule has 2 aromatic rings. The molecule has 2 aliphatic heterocycles. The van der Waals surface area contributed by atoms with E-state index in [1.807, 2.05) is 13.8 Å². The number of primary amides is 1. The average molecular weight is 541 g/mol. The van der Waals surface area contributed by atoms with E-state index in [-0.39, 0.29) is 41.5 Å². The van der Waals surface area contributed by atoms with Crippen molar-refractivity contribution in [1.29, 1.82) is 0 Å². The van der Waals surface area contributed by atoms with Crippen LogP contribution in [0.1, 0.15) is 44.4 Å². The summed E-state index contributed by atoms with van der Waals surface area (Å²) in [6.45, 7) is 5.11. The third-order valence-corrected chi connectivity index (χ3v) is 6.11. The van der Waals surface area contributed by atoms with Crippen molar-refractivity contribution in [2.24, 2.45) is 17.4 Å². The normalized spacial score (nSPS) is 20.4. The maximum Gasteiger partial charge on any atom is 0.311 e. The van der Waals surface area contributed by atoms with E-state index in [0.717, 1.165) is 0 Å². The molecular formula is C26H32N6O7. The van der Waals surface area contributed by atoms with Crippen LogP contribution in [-0.4, -0.2) is 46.7 Å². The molecule has 0 unspecified atom stereocenters. The van der Waals surface area contributed by atoms with Crippen LogP contribution in [-0.2, 0) is 25.6 Å². The summed E-state index contributed by atoms with van der Waals surface area (Å²) in [5, 5.41) is 19.5. The fourth-order valence-electron chi connectivity index (χ4n) is 4.04. The van der Waals surface area contributed by atoms with E-state index in [1.54, 1.807) is 18.2 Å². The molecule has 39 heavy (non-hydrogen) atoms. The highest BCUT2D eigenvalue weighted by molar-refractivity contribution is 5.95. The minimum atomic E-state index is -1.33. The van der Waals surface area contributed by atoms with Crippen LogP contribution in [0.5, 0.6) is 11.5 Å². The van der Waals surface area contributed by atoms with Gasteiger partial charge in [-0.3, -0.25) is 29.3 Å². The molecule has 7 N–H and O–H groups in total. The molecule has 0 radical (unpaired) electrons. The second-order valence-corrected chi connectivity index (χ2v) is 9.81. The molecule has 0 aromatic heterocycles. The lowest BCUT2D eigenvalue weighted by molar-refractivity contribution is -0.385. The number of ether oxygens (including phenoxy) is 1. The number of hydrogen-bond acceptors (Lipinski definition) is 8. The standard InChI is InChI=1S/C26H32N6O7/c1-13(2)9-19-25(35)31-22(26(36)29-14(3)23(28)33)16-5-4-6-17(12-16)39-21-8-7-15(11-20(21)32(37)38)10-18(27)24(34)30-19/h4-8,11-14,18-19,22H,9-10,27H2,1-3H3,(H2,28,33)(H,29,36)(H,30,34)(H,31,35)/t14-,18-,19+,22+/m0/s1. The van der Waals surface area contributed by atoms with Gasteiger partial charge >= 0.3 is 5.69 Å². The third kappa shape index (κ3) is 7.51. The second-order valence-electron chi connectivity index (χ2n) is 9.81. The number of benzene rings is 2. The number of carbonyl (C=O) groups is 4. The van der Waals surface area contributed by atoms with Crippen molar-refractivity contribution in [1.82, 2.24) is 16.0 Å². The second kappa shape index (κ2) is 12.3. The van der Waals surface area contributed by atoms with Gasteiger partial charge in [-0.1, -0.05) is 32.0 Å². The Kier molecular flexibility index (Phi) is 9.20. The quantitative estimate of drug-likeness (QED) is 0.262. The Labute approximate surface area is 224 Å². The van der Waals surface area contributed by atoms with E-state index in [9.17, 15) is 29.3 Å². The lowest BCUT2D eigenvalue weighted by Crippen LogP contribution is -2.55.